The second-order valence-electron chi connectivity index (χ2n) is 16.7. The number of hydrogen-bond donors (Lipinski definition) is 4. The molecule has 252 valence electrons. The Morgan fingerprint density at radius 3 is 2.52 bits per heavy atom. The first-order valence-electron chi connectivity index (χ1n) is 18.2. The van der Waals surface area contributed by atoms with Gasteiger partial charge in [-0.1, -0.05) is 39.8 Å². The van der Waals surface area contributed by atoms with E-state index in [-0.39, 0.29) is 52.7 Å². The van der Waals surface area contributed by atoms with Gasteiger partial charge in [-0.2, -0.15) is 0 Å². The van der Waals surface area contributed by atoms with Crippen molar-refractivity contribution in [3.05, 3.63) is 29.8 Å². The molecule has 4 saturated carbocycles. The molecule has 4 aliphatic carbocycles. The maximum atomic E-state index is 14.4. The third-order valence-electron chi connectivity index (χ3n) is 14.4. The van der Waals surface area contributed by atoms with Crippen LogP contribution in [0.2, 0.25) is 0 Å². The first-order chi connectivity index (χ1) is 21.9. The number of piperidine rings is 1. The van der Waals surface area contributed by atoms with E-state index in [1.54, 1.807) is 12.1 Å². The van der Waals surface area contributed by atoms with Gasteiger partial charge in [0.2, 0.25) is 11.8 Å². The van der Waals surface area contributed by atoms with Gasteiger partial charge in [-0.25, -0.2) is 0 Å². The van der Waals surface area contributed by atoms with E-state index in [1.165, 1.54) is 6.42 Å². The van der Waals surface area contributed by atoms with E-state index in [0.717, 1.165) is 57.1 Å². The molecule has 7 rings (SSSR count). The summed E-state index contributed by atoms with van der Waals surface area (Å²) in [5.74, 6) is 3.40. The maximum absolute atomic E-state index is 14.4. The zero-order valence-corrected chi connectivity index (χ0v) is 28.3. The number of fused-ring (bicyclic) bond motifs is 7. The van der Waals surface area contributed by atoms with Crippen molar-refractivity contribution in [2.45, 2.75) is 116 Å². The molecule has 6 fully saturated rings. The Kier molecular flexibility index (Phi) is 8.31. The summed E-state index contributed by atoms with van der Waals surface area (Å²) in [5.41, 5.74) is 0.580. The van der Waals surface area contributed by atoms with E-state index in [0.29, 0.717) is 66.6 Å². The summed E-state index contributed by atoms with van der Waals surface area (Å²) >= 11 is 0. The SMILES string of the molecule is C[C@H]1CC[C@@]2(NC1)O[C@H]1C[C@H]3[C@@H]4CC[C@@H]5CC(NC(=O)CC(=O)NCCc6ccc(O)cc6)CC[C@]5(C)[C@H]4CC(=O)[C@]3(C)[C@H]1[C@@H]2C. The molecule has 0 bridgehead atoms. The third kappa shape index (κ3) is 5.30. The van der Waals surface area contributed by atoms with Crippen molar-refractivity contribution in [1.82, 2.24) is 16.0 Å². The van der Waals surface area contributed by atoms with Crippen LogP contribution in [0, 0.1) is 52.3 Å². The van der Waals surface area contributed by atoms with Crippen LogP contribution in [0.3, 0.4) is 0 Å². The summed E-state index contributed by atoms with van der Waals surface area (Å²) in [6.45, 7) is 10.9. The number of carbonyl (C=O) groups is 3. The average molecular weight is 634 g/mol. The van der Waals surface area contributed by atoms with Crippen LogP contribution < -0.4 is 16.0 Å². The van der Waals surface area contributed by atoms with Gasteiger partial charge in [0.05, 0.1) is 6.10 Å². The van der Waals surface area contributed by atoms with Crippen LogP contribution in [0.1, 0.15) is 97.5 Å². The second-order valence-corrected chi connectivity index (χ2v) is 16.7. The normalized spacial score (nSPS) is 44.5. The molecular weight excluding hydrogens is 578 g/mol. The first-order valence-corrected chi connectivity index (χ1v) is 18.2. The highest BCUT2D eigenvalue weighted by atomic mass is 16.5. The van der Waals surface area contributed by atoms with Crippen LogP contribution in [0.15, 0.2) is 24.3 Å². The molecule has 2 heterocycles. The van der Waals surface area contributed by atoms with Crippen molar-refractivity contribution in [2.24, 2.45) is 52.3 Å². The van der Waals surface area contributed by atoms with Gasteiger partial charge in [0, 0.05) is 42.8 Å². The van der Waals surface area contributed by atoms with Gasteiger partial charge >= 0.3 is 0 Å². The number of amides is 2. The topological polar surface area (TPSA) is 117 Å². The Hall–Kier alpha value is -2.45. The number of phenolic OH excluding ortho intramolecular Hbond substituents is 1. The highest BCUT2D eigenvalue weighted by Gasteiger charge is 2.71. The summed E-state index contributed by atoms with van der Waals surface area (Å²) < 4.78 is 6.98. The highest BCUT2D eigenvalue weighted by molar-refractivity contribution is 5.97. The fourth-order valence-corrected chi connectivity index (χ4v) is 11.8. The van der Waals surface area contributed by atoms with E-state index >= 15 is 0 Å². The quantitative estimate of drug-likeness (QED) is 0.323. The second kappa shape index (κ2) is 11.9. The van der Waals surface area contributed by atoms with E-state index in [2.05, 4.69) is 43.6 Å². The molecule has 4 N–H and O–H groups in total. The van der Waals surface area contributed by atoms with Crippen LogP contribution in [0.5, 0.6) is 5.75 Å². The Labute approximate surface area is 274 Å². The number of rotatable bonds is 6. The van der Waals surface area contributed by atoms with E-state index in [1.807, 2.05) is 12.1 Å². The average Bonchev–Trinajstić information content (AvgIpc) is 3.47. The van der Waals surface area contributed by atoms with Crippen molar-refractivity contribution >= 4 is 17.6 Å². The predicted octanol–water partition coefficient (Wildman–Crippen LogP) is 5.12. The standard InChI is InChI=1S/C38H55N3O5/c1-22-11-15-38(40-21-22)23(2)35-31(46-38)18-30-28-10-7-25-17-26(12-14-36(25,3)29(28)19-32(43)37(30,35)4)41-34(45)20-33(44)39-16-13-24-5-8-27(42)9-6-24/h5-6,8-9,22-23,25-26,28-31,35,40,42H,7,10-21H2,1-4H3,(H,39,44)(H,41,45)/t22-,23-,25+,26?,28+,29-,30-,31-,35-,36-,37+,38+/m0/s1. The van der Waals surface area contributed by atoms with Crippen LogP contribution in [0.4, 0.5) is 0 Å². The summed E-state index contributed by atoms with van der Waals surface area (Å²) in [7, 11) is 0. The van der Waals surface area contributed by atoms with Crippen LogP contribution >= 0.6 is 0 Å². The zero-order chi connectivity index (χ0) is 32.4. The lowest BCUT2D eigenvalue weighted by Crippen LogP contribution is -2.60. The molecule has 12 atom stereocenters. The van der Waals surface area contributed by atoms with E-state index in [9.17, 15) is 19.5 Å². The molecule has 0 aromatic heterocycles. The third-order valence-corrected chi connectivity index (χ3v) is 14.4. The Morgan fingerprint density at radius 1 is 1.00 bits per heavy atom. The molecule has 46 heavy (non-hydrogen) atoms. The number of phenols is 1. The maximum Gasteiger partial charge on any atom is 0.229 e. The fraction of sp³-hybridized carbons (Fsp3) is 0.763. The number of nitrogens with one attached hydrogen (secondary N) is 3. The number of hydrogen-bond acceptors (Lipinski definition) is 6. The number of carbonyl (C=O) groups excluding carboxylic acids is 3. The monoisotopic (exact) mass is 633 g/mol. The molecular formula is C38H55N3O5. The van der Waals surface area contributed by atoms with Gasteiger partial charge in [0.25, 0.3) is 0 Å². The van der Waals surface area contributed by atoms with E-state index < -0.39 is 0 Å². The molecule has 1 aromatic rings. The first kappa shape index (κ1) is 32.1. The summed E-state index contributed by atoms with van der Waals surface area (Å²) in [6.07, 6.45) is 9.78. The Morgan fingerprint density at radius 2 is 1.78 bits per heavy atom. The zero-order valence-electron chi connectivity index (χ0n) is 28.3. The molecule has 6 aliphatic rings. The number of ketones is 1. The van der Waals surface area contributed by atoms with Crippen molar-refractivity contribution < 1.29 is 24.2 Å². The van der Waals surface area contributed by atoms with Crippen molar-refractivity contribution in [3.63, 3.8) is 0 Å². The number of Topliss-reactive ketones (excluding diaryl/α,β-unsaturated/α-hetero) is 1. The molecule has 8 nitrogen and oxygen atoms in total. The predicted molar refractivity (Wildman–Crippen MR) is 176 cm³/mol. The lowest BCUT2D eigenvalue weighted by Gasteiger charge is -2.60. The van der Waals surface area contributed by atoms with Gasteiger partial charge in [0.1, 0.15) is 23.7 Å². The minimum atomic E-state index is -0.293. The molecule has 2 aliphatic heterocycles. The van der Waals surface area contributed by atoms with Gasteiger partial charge in [-0.05, 0) is 110 Å². The van der Waals surface area contributed by atoms with Crippen molar-refractivity contribution in [2.75, 3.05) is 13.1 Å². The Bertz CT molecular complexity index is 1340. The van der Waals surface area contributed by atoms with Crippen LogP contribution in [-0.2, 0) is 25.5 Å². The number of ether oxygens (including phenoxy) is 1. The summed E-state index contributed by atoms with van der Waals surface area (Å²) in [6, 6.07) is 7.01. The molecule has 1 aromatic carbocycles. The number of aromatic hydroxyl groups is 1. The molecule has 2 amide bonds. The molecule has 0 radical (unpaired) electrons. The highest BCUT2D eigenvalue weighted by Crippen LogP contribution is 2.70. The fourth-order valence-electron chi connectivity index (χ4n) is 11.8. The minimum Gasteiger partial charge on any atom is -0.508 e. The van der Waals surface area contributed by atoms with Gasteiger partial charge in [-0.15, -0.1) is 0 Å². The van der Waals surface area contributed by atoms with E-state index in [4.69, 9.17) is 4.74 Å². The van der Waals surface area contributed by atoms with Gasteiger partial charge in [0.15, 0.2) is 0 Å². The minimum absolute atomic E-state index is 0.0819. The van der Waals surface area contributed by atoms with Crippen molar-refractivity contribution in [3.8, 4) is 5.75 Å². The summed E-state index contributed by atoms with van der Waals surface area (Å²) in [5, 5.41) is 19.3. The Balaban J connectivity index is 0.943. The molecule has 2 saturated heterocycles. The van der Waals surface area contributed by atoms with Crippen molar-refractivity contribution in [1.29, 1.82) is 0 Å². The molecule has 1 unspecified atom stereocenters. The number of benzene rings is 1. The smallest absolute Gasteiger partial charge is 0.229 e. The van der Waals surface area contributed by atoms with Gasteiger partial charge < -0.3 is 20.5 Å². The summed E-state index contributed by atoms with van der Waals surface area (Å²) in [4.78, 5) is 39.7. The van der Waals surface area contributed by atoms with Gasteiger partial charge in [-0.3, -0.25) is 19.7 Å². The largest absolute Gasteiger partial charge is 0.508 e. The lowest BCUT2D eigenvalue weighted by molar-refractivity contribution is -0.160. The molecule has 8 heteroatoms. The molecule has 1 spiro atoms. The lowest BCUT2D eigenvalue weighted by atomic mass is 9.44. The van der Waals surface area contributed by atoms with Crippen LogP contribution in [0.25, 0.3) is 0 Å². The van der Waals surface area contributed by atoms with Crippen LogP contribution in [-0.4, -0.2) is 53.7 Å².